The van der Waals surface area contributed by atoms with Crippen LogP contribution < -0.4 is 0 Å². The van der Waals surface area contributed by atoms with Gasteiger partial charge in [0.15, 0.2) is 0 Å². The Morgan fingerprint density at radius 1 is 1.04 bits per heavy atom. The maximum absolute atomic E-state index is 12.8. The molecule has 0 spiro atoms. The number of hydrogen-bond acceptors (Lipinski definition) is 5. The summed E-state index contributed by atoms with van der Waals surface area (Å²) < 4.78 is 17.4. The Morgan fingerprint density at radius 3 is 1.86 bits per heavy atom. The average Bonchev–Trinajstić information content (AvgIpc) is 2.56. The van der Waals surface area contributed by atoms with E-state index in [1.807, 2.05) is 48.5 Å². The highest BCUT2D eigenvalue weighted by Crippen LogP contribution is 2.24. The van der Waals surface area contributed by atoms with Gasteiger partial charge in [0.25, 0.3) is 0 Å². The minimum atomic E-state index is -0.395. The molecule has 0 bridgehead atoms. The molecule has 0 aromatic rings. The number of urea groups is 1. The van der Waals surface area contributed by atoms with Crippen molar-refractivity contribution >= 4 is 20.6 Å². The first-order valence-electron chi connectivity index (χ1n) is 10.1. The van der Waals surface area contributed by atoms with E-state index < -0.39 is 6.10 Å². The van der Waals surface area contributed by atoms with E-state index in [0.717, 1.165) is 12.6 Å². The Balaban J connectivity index is 2.84. The smallest absolute Gasteiger partial charge is 0.323 e. The summed E-state index contributed by atoms with van der Waals surface area (Å²) in [5, 5.41) is 0. The van der Waals surface area contributed by atoms with Crippen molar-refractivity contribution in [1.82, 2.24) is 9.80 Å². The monoisotopic (exact) mass is 418 g/mol. The van der Waals surface area contributed by atoms with Crippen molar-refractivity contribution in [3.63, 3.8) is 0 Å². The molecule has 0 N–H and O–H groups in total. The van der Waals surface area contributed by atoms with Gasteiger partial charge in [0, 0.05) is 0 Å². The number of nitrogens with zero attached hydrogens (tertiary/aromatic N) is 2. The third-order valence-corrected chi connectivity index (χ3v) is 5.67. The van der Waals surface area contributed by atoms with Crippen LogP contribution in [0.5, 0.6) is 0 Å². The molecule has 0 radical (unpaired) electrons. The van der Waals surface area contributed by atoms with Crippen molar-refractivity contribution < 1.29 is 23.8 Å². The number of carbonyl (C=O) groups is 2. The molecular weight excluding hydrogens is 379 g/mol. The van der Waals surface area contributed by atoms with Crippen molar-refractivity contribution in [2.45, 2.75) is 84.8 Å². The Hall–Kier alpha value is -0.910. The number of esters is 1. The molecule has 1 aliphatic rings. The largest absolute Gasteiger partial charge is 0.458 e. The summed E-state index contributed by atoms with van der Waals surface area (Å²) in [7, 11) is 0.557. The summed E-state index contributed by atoms with van der Waals surface area (Å²) in [6.45, 7) is 16.7. The van der Waals surface area contributed by atoms with Gasteiger partial charge in [0.05, 0.1) is 30.0 Å². The fourth-order valence-electron chi connectivity index (χ4n) is 2.63. The maximum Gasteiger partial charge on any atom is 0.323 e. The standard InChI is InChI=1S/C20H39N2O5P/c1-9-16(28-10-2)17(23)27-15-11-21(13-25-19(3,4)5)18(24)22(12-15)14-26-20(6,7)8/h15-16,28H,9-14H2,1-8H3. The van der Waals surface area contributed by atoms with Crippen LogP contribution in [0.3, 0.4) is 0 Å². The predicted molar refractivity (Wildman–Crippen MR) is 113 cm³/mol. The first-order chi connectivity index (χ1) is 12.9. The Labute approximate surface area is 172 Å². The van der Waals surface area contributed by atoms with Gasteiger partial charge >= 0.3 is 12.0 Å². The third-order valence-electron chi connectivity index (χ3n) is 4.12. The summed E-state index contributed by atoms with van der Waals surface area (Å²) in [5.41, 5.74) is -0.806. The summed E-state index contributed by atoms with van der Waals surface area (Å²) >= 11 is 0. The molecule has 7 nitrogen and oxygen atoms in total. The van der Waals surface area contributed by atoms with E-state index in [9.17, 15) is 9.59 Å². The fraction of sp³-hybridized carbons (Fsp3) is 0.900. The van der Waals surface area contributed by atoms with Gasteiger partial charge in [-0.3, -0.25) is 14.6 Å². The second-order valence-corrected chi connectivity index (χ2v) is 10.9. The molecule has 1 heterocycles. The Kier molecular flexibility index (Phi) is 9.65. The highest BCUT2D eigenvalue weighted by atomic mass is 31.1. The molecule has 1 fully saturated rings. The summed E-state index contributed by atoms with van der Waals surface area (Å²) in [6.07, 6.45) is 1.34. The zero-order valence-electron chi connectivity index (χ0n) is 18.8. The van der Waals surface area contributed by atoms with Gasteiger partial charge in [-0.2, -0.15) is 0 Å². The molecule has 0 aromatic heterocycles. The van der Waals surface area contributed by atoms with Crippen LogP contribution in [0, 0.1) is 0 Å². The van der Waals surface area contributed by atoms with Crippen LogP contribution in [-0.2, 0) is 19.0 Å². The highest BCUT2D eigenvalue weighted by Gasteiger charge is 2.36. The van der Waals surface area contributed by atoms with E-state index in [1.165, 1.54) is 0 Å². The van der Waals surface area contributed by atoms with Crippen molar-refractivity contribution in [3.05, 3.63) is 0 Å². The number of amides is 2. The second kappa shape index (κ2) is 10.7. The van der Waals surface area contributed by atoms with Gasteiger partial charge in [0.1, 0.15) is 19.6 Å². The van der Waals surface area contributed by atoms with E-state index in [2.05, 4.69) is 6.92 Å². The lowest BCUT2D eigenvalue weighted by atomic mass is 10.2. The van der Waals surface area contributed by atoms with Crippen molar-refractivity contribution in [1.29, 1.82) is 0 Å². The lowest BCUT2D eigenvalue weighted by Gasteiger charge is -2.41. The predicted octanol–water partition coefficient (Wildman–Crippen LogP) is 3.66. The van der Waals surface area contributed by atoms with Crippen molar-refractivity contribution in [2.24, 2.45) is 0 Å². The fourth-order valence-corrected chi connectivity index (χ4v) is 3.64. The molecule has 1 aliphatic heterocycles. The van der Waals surface area contributed by atoms with Crippen molar-refractivity contribution in [2.75, 3.05) is 32.7 Å². The lowest BCUT2D eigenvalue weighted by Crippen LogP contribution is -2.58. The maximum atomic E-state index is 12.8. The van der Waals surface area contributed by atoms with Crippen LogP contribution in [0.25, 0.3) is 0 Å². The van der Waals surface area contributed by atoms with Crippen LogP contribution in [0.4, 0.5) is 4.79 Å². The molecule has 0 saturated carbocycles. The van der Waals surface area contributed by atoms with Gasteiger partial charge in [-0.15, -0.1) is 8.58 Å². The lowest BCUT2D eigenvalue weighted by molar-refractivity contribution is -0.156. The molecule has 1 rings (SSSR count). The number of hydrogen-bond donors (Lipinski definition) is 0. The minimum absolute atomic E-state index is 0.0684. The normalized spacial score (nSPS) is 18.2. The van der Waals surface area contributed by atoms with Crippen LogP contribution in [-0.4, -0.2) is 77.5 Å². The molecule has 1 saturated heterocycles. The SMILES string of the molecule is CCPC(CC)C(=O)OC1CN(COC(C)(C)C)C(=O)N(COC(C)(C)C)C1. The highest BCUT2D eigenvalue weighted by molar-refractivity contribution is 7.40. The average molecular weight is 419 g/mol. The van der Waals surface area contributed by atoms with E-state index in [0.29, 0.717) is 21.7 Å². The van der Waals surface area contributed by atoms with Crippen LogP contribution in [0.2, 0.25) is 0 Å². The summed E-state index contributed by atoms with van der Waals surface area (Å²) in [5.74, 6) is -0.171. The van der Waals surface area contributed by atoms with Gasteiger partial charge in [-0.1, -0.05) is 13.8 Å². The second-order valence-electron chi connectivity index (χ2n) is 9.08. The van der Waals surface area contributed by atoms with E-state index >= 15 is 0 Å². The molecular formula is C20H39N2O5P. The van der Waals surface area contributed by atoms with Gasteiger partial charge in [-0.25, -0.2) is 4.79 Å². The first-order valence-corrected chi connectivity index (χ1v) is 11.4. The molecule has 28 heavy (non-hydrogen) atoms. The quantitative estimate of drug-likeness (QED) is 0.422. The summed E-state index contributed by atoms with van der Waals surface area (Å²) in [6, 6.07) is -0.164. The van der Waals surface area contributed by atoms with E-state index in [-0.39, 0.29) is 42.3 Å². The van der Waals surface area contributed by atoms with E-state index in [1.54, 1.807) is 9.80 Å². The molecule has 0 aliphatic carbocycles. The zero-order chi connectivity index (χ0) is 21.5. The van der Waals surface area contributed by atoms with Crippen LogP contribution >= 0.6 is 8.58 Å². The first kappa shape index (κ1) is 25.1. The zero-order valence-corrected chi connectivity index (χ0v) is 19.8. The molecule has 2 amide bonds. The third kappa shape index (κ3) is 9.06. The van der Waals surface area contributed by atoms with Gasteiger partial charge < -0.3 is 14.2 Å². The van der Waals surface area contributed by atoms with Gasteiger partial charge in [0.2, 0.25) is 0 Å². The Morgan fingerprint density at radius 2 is 1.50 bits per heavy atom. The Bertz CT molecular complexity index is 486. The van der Waals surface area contributed by atoms with Gasteiger partial charge in [-0.05, 0) is 54.1 Å². The molecule has 8 heteroatoms. The molecule has 2 atom stereocenters. The number of carbonyl (C=O) groups excluding carboxylic acids is 2. The minimum Gasteiger partial charge on any atom is -0.458 e. The van der Waals surface area contributed by atoms with Crippen molar-refractivity contribution in [3.8, 4) is 0 Å². The van der Waals surface area contributed by atoms with Crippen LogP contribution in [0.15, 0.2) is 0 Å². The van der Waals surface area contributed by atoms with E-state index in [4.69, 9.17) is 14.2 Å². The summed E-state index contributed by atoms with van der Waals surface area (Å²) in [4.78, 5) is 28.6. The molecule has 2 unspecified atom stereocenters. The molecule has 164 valence electrons. The number of ether oxygens (including phenoxy) is 3. The topological polar surface area (TPSA) is 68.3 Å². The number of rotatable bonds is 9. The molecule has 0 aromatic carbocycles. The van der Waals surface area contributed by atoms with Crippen LogP contribution in [0.1, 0.15) is 61.8 Å².